The van der Waals surface area contributed by atoms with Crippen LogP contribution in [0.1, 0.15) is 40.3 Å². The van der Waals surface area contributed by atoms with Gasteiger partial charge in [0.05, 0.1) is 73.3 Å². The lowest BCUT2D eigenvalue weighted by Gasteiger charge is -2.19. The summed E-state index contributed by atoms with van der Waals surface area (Å²) in [5.74, 6) is -3.77. The van der Waals surface area contributed by atoms with Crippen molar-refractivity contribution in [3.8, 4) is 119 Å². The van der Waals surface area contributed by atoms with E-state index in [4.69, 9.17) is 45.2 Å². The summed E-state index contributed by atoms with van der Waals surface area (Å²) in [7, 11) is 0. The first-order valence-corrected chi connectivity index (χ1v) is 29.3. The molecule has 520 valence electrons. The van der Waals surface area contributed by atoms with Crippen LogP contribution < -0.4 is 49.7 Å². The highest BCUT2D eigenvalue weighted by Crippen LogP contribution is 2.63. The molecule has 8 aromatic rings. The molecule has 12 rings (SSSR count). The normalized spacial score (nSPS) is 13.6. The van der Waals surface area contributed by atoms with Crippen molar-refractivity contribution >= 4 is 22.7 Å². The highest BCUT2D eigenvalue weighted by atomic mass is 19.4. The summed E-state index contributed by atoms with van der Waals surface area (Å²) in [5, 5.41) is 40.5. The van der Waals surface area contributed by atoms with Gasteiger partial charge in [-0.05, 0) is 162 Å². The zero-order valence-corrected chi connectivity index (χ0v) is 52.8. The van der Waals surface area contributed by atoms with Crippen molar-refractivity contribution in [1.82, 2.24) is 0 Å². The number of hydrogen-bond donors (Lipinski definition) is 4. The van der Waals surface area contributed by atoms with E-state index in [0.29, 0.717) is 29.3 Å². The minimum absolute atomic E-state index is 0.0106. The number of fused-ring (bicyclic) bond motifs is 4. The van der Waals surface area contributed by atoms with Crippen LogP contribution in [-0.2, 0) is 18.5 Å². The number of rotatable bonds is 8. The molecule has 0 saturated carbocycles. The minimum Gasteiger partial charge on any atom is -0.441 e. The van der Waals surface area contributed by atoms with Crippen molar-refractivity contribution in [1.29, 1.82) is 15.8 Å². The number of allylic oxidation sites excluding steroid dienone is 2. The third kappa shape index (κ3) is 14.3. The molecule has 0 atom stereocenters. The lowest BCUT2D eigenvalue weighted by atomic mass is 9.89. The topological polar surface area (TPSA) is 192 Å². The Balaban J connectivity index is 0.000000221. The first-order valence-electron chi connectivity index (χ1n) is 29.3. The van der Waals surface area contributed by atoms with Crippen LogP contribution in [0.15, 0.2) is 168 Å². The van der Waals surface area contributed by atoms with Gasteiger partial charge >= 0.3 is 42.9 Å². The van der Waals surface area contributed by atoms with Gasteiger partial charge in [-0.3, -0.25) is 0 Å². The molecule has 4 N–H and O–H groups in total. The highest BCUT2D eigenvalue weighted by molar-refractivity contribution is 6.07. The van der Waals surface area contributed by atoms with E-state index in [2.05, 4.69) is 50.1 Å². The quantitative estimate of drug-likeness (QED) is 0.0639. The third-order valence-corrected chi connectivity index (χ3v) is 15.5. The molecule has 0 radical (unpaired) electrons. The molecule has 17 nitrogen and oxygen atoms in total. The molecule has 0 unspecified atom stereocenters. The van der Waals surface area contributed by atoms with Crippen molar-refractivity contribution < 1.29 is 94.3 Å². The predicted molar refractivity (Wildman–Crippen MR) is 342 cm³/mol. The van der Waals surface area contributed by atoms with Gasteiger partial charge in [-0.15, -0.1) is 45.7 Å². The number of nitrogens with one attached hydrogen (secondary N) is 4. The number of halogens is 15. The van der Waals surface area contributed by atoms with E-state index in [1.165, 1.54) is 63.2 Å². The maximum absolute atomic E-state index is 14.7. The second-order valence-electron chi connectivity index (χ2n) is 22.7. The van der Waals surface area contributed by atoms with Crippen LogP contribution in [0.3, 0.4) is 0 Å². The summed E-state index contributed by atoms with van der Waals surface area (Å²) < 4.78 is 236. The monoisotopic (exact) mass is 1440 g/mol. The standard InChI is InChI=1S/C44H23F9N6O2.C28H13F6N5O4/c1-20-6-23(24-7-21(2)10-30(14-24)42(45,46)47)12-27(9-20)33-35-37(60-40(58-35)29(18-54)19-55)34(36-38(33)61-41(59-36)39(56-4)57-5)28-13-26(16-32(17-28)44(51,52)53)25-8-22(3)11-31(15-25)43(48,49)50;1-13(12-35)25-38-20-18(14-4-8-16(9-5-14)42-27(29,30)31)23-21(39-26(41-23)24(36-2)37-3)19(22(20)40-25)15-6-10-17(11-7-15)43-28(32,33)34/h6-17,58-59H,1-3H3;4-11,38-39H,1H3/b;25-13-. The summed E-state index contributed by atoms with van der Waals surface area (Å²) in [5.41, 5.74) is -2.42. The average molecular weight is 1440 g/mol. The molecule has 4 aliphatic rings. The Morgan fingerprint density at radius 3 is 0.990 bits per heavy atom. The smallest absolute Gasteiger partial charge is 0.441 e. The Hall–Kier alpha value is -13.9. The number of ether oxygens (including phenoxy) is 6. The van der Waals surface area contributed by atoms with Crippen LogP contribution in [0.5, 0.6) is 34.5 Å². The van der Waals surface area contributed by atoms with Crippen LogP contribution >= 0.6 is 0 Å². The van der Waals surface area contributed by atoms with Crippen LogP contribution in [-0.4, -0.2) is 12.7 Å². The minimum atomic E-state index is -5.07. The van der Waals surface area contributed by atoms with E-state index in [1.807, 2.05) is 6.07 Å². The summed E-state index contributed by atoms with van der Waals surface area (Å²) in [6, 6.07) is 28.1. The molecular weight excluding hydrogens is 1400 g/mol. The zero-order chi connectivity index (χ0) is 75.4. The fourth-order valence-corrected chi connectivity index (χ4v) is 11.3. The molecule has 104 heavy (non-hydrogen) atoms. The van der Waals surface area contributed by atoms with Crippen LogP contribution in [0.25, 0.3) is 86.1 Å². The van der Waals surface area contributed by atoms with Crippen molar-refractivity contribution in [3.63, 3.8) is 0 Å². The first-order chi connectivity index (χ1) is 48.9. The lowest BCUT2D eigenvalue weighted by Crippen LogP contribution is -2.17. The Morgan fingerprint density at radius 2 is 0.644 bits per heavy atom. The molecule has 0 spiro atoms. The second-order valence-corrected chi connectivity index (χ2v) is 22.7. The summed E-state index contributed by atoms with van der Waals surface area (Å²) in [6.07, 6.45) is -24.5. The van der Waals surface area contributed by atoms with Gasteiger partial charge in [0.2, 0.25) is 11.8 Å². The van der Waals surface area contributed by atoms with Gasteiger partial charge in [0.25, 0.3) is 11.8 Å². The van der Waals surface area contributed by atoms with Crippen molar-refractivity contribution in [2.45, 2.75) is 58.9 Å². The van der Waals surface area contributed by atoms with Gasteiger partial charge in [-0.2, -0.15) is 55.3 Å². The van der Waals surface area contributed by atoms with E-state index >= 15 is 0 Å². The average Bonchev–Trinajstić information content (AvgIpc) is 1.57. The highest BCUT2D eigenvalue weighted by Gasteiger charge is 2.44. The summed E-state index contributed by atoms with van der Waals surface area (Å²) >= 11 is 0. The number of nitrogens with zero attached hydrogens (tertiary/aromatic N) is 7. The Labute approximate surface area is 577 Å². The summed E-state index contributed by atoms with van der Waals surface area (Å²) in [4.78, 5) is 12.7. The van der Waals surface area contributed by atoms with E-state index in [9.17, 15) is 81.6 Å². The van der Waals surface area contributed by atoms with E-state index < -0.39 is 88.4 Å². The van der Waals surface area contributed by atoms with E-state index in [-0.39, 0.29) is 135 Å². The molecule has 32 heteroatoms. The lowest BCUT2D eigenvalue weighted by molar-refractivity contribution is -0.275. The third-order valence-electron chi connectivity index (χ3n) is 15.5. The number of benzene rings is 8. The fraction of sp³-hybridized carbons (Fsp3) is 0.125. The van der Waals surface area contributed by atoms with Crippen LogP contribution in [0.4, 0.5) is 88.6 Å². The maximum atomic E-state index is 14.7. The van der Waals surface area contributed by atoms with Gasteiger partial charge in [0, 0.05) is 0 Å². The first kappa shape index (κ1) is 71.4. The van der Waals surface area contributed by atoms with Crippen LogP contribution in [0.2, 0.25) is 0 Å². The molecule has 0 aromatic heterocycles. The van der Waals surface area contributed by atoms with E-state index in [1.54, 1.807) is 31.2 Å². The van der Waals surface area contributed by atoms with Crippen molar-refractivity contribution in [3.05, 3.63) is 247 Å². The molecular formula is C72H36F15N11O6. The fourth-order valence-electron chi connectivity index (χ4n) is 11.3. The van der Waals surface area contributed by atoms with Gasteiger partial charge < -0.3 is 49.7 Å². The largest absolute Gasteiger partial charge is 0.579 e. The van der Waals surface area contributed by atoms with Crippen LogP contribution in [0, 0.1) is 81.1 Å². The van der Waals surface area contributed by atoms with Gasteiger partial charge in [-0.1, -0.05) is 48.5 Å². The number of alkyl halides is 15. The Morgan fingerprint density at radius 1 is 0.365 bits per heavy atom. The second kappa shape index (κ2) is 26.6. The molecule has 8 aromatic carbocycles. The molecule has 0 bridgehead atoms. The van der Waals surface area contributed by atoms with Crippen molar-refractivity contribution in [2.24, 2.45) is 0 Å². The Bertz CT molecular complexity index is 5220. The number of hydrogen-bond acceptors (Lipinski definition) is 13. The molecule has 4 aliphatic heterocycles. The number of aryl methyl sites for hydroxylation is 3. The summed E-state index contributed by atoms with van der Waals surface area (Å²) in [6.45, 7) is 35.8. The molecule has 4 heterocycles. The molecule has 0 aliphatic carbocycles. The number of anilines is 4. The molecule has 0 amide bonds. The van der Waals surface area contributed by atoms with Gasteiger partial charge in [0.1, 0.15) is 49.9 Å². The molecule has 0 fully saturated rings. The zero-order valence-electron chi connectivity index (χ0n) is 52.8. The maximum Gasteiger partial charge on any atom is 0.579 e. The van der Waals surface area contributed by atoms with Gasteiger partial charge in [0.15, 0.2) is 28.6 Å². The number of nitriles is 3. The van der Waals surface area contributed by atoms with Gasteiger partial charge in [-0.25, -0.2) is 0 Å². The molecule has 0 saturated heterocycles. The Kier molecular flexibility index (Phi) is 18.3. The predicted octanol–water partition coefficient (Wildman–Crippen LogP) is 21.3. The van der Waals surface area contributed by atoms with E-state index in [0.717, 1.165) is 48.5 Å². The van der Waals surface area contributed by atoms with Crippen molar-refractivity contribution in [2.75, 3.05) is 21.3 Å². The SMILES string of the molecule is [C-]#[N+]C([N+]#[C-])=C1Nc2c(c(-c3cc(C)cc(-c4cc(C)cc(C(F)(F)F)c4)c3)c3c(c2-c2cc(-c4cc(C)cc(C(F)(F)F)c4)cc(C(F)(F)F)c2)OC(=C(C#N)C#N)N3)O1.[C-]#[N+]C([N+]#[C-])=C1Nc2c(c(-c3ccc(OC(F)(F)F)cc3)c3c(c2-c2ccc(OC(F)(F)F)cc2)O/C(=C(/C)C#N)N3)O1.